The van der Waals surface area contributed by atoms with Crippen molar-refractivity contribution in [1.82, 2.24) is 29.5 Å². The number of piperidine rings is 1. The van der Waals surface area contributed by atoms with Crippen LogP contribution in [0, 0.1) is 6.92 Å². The third-order valence-electron chi connectivity index (χ3n) is 9.18. The third kappa shape index (κ3) is 5.63. The molecule has 4 aliphatic rings. The average molecular weight is 537 g/mol. The topological polar surface area (TPSA) is 100 Å². The Morgan fingerprint density at radius 2 is 1.90 bits per heavy atom. The lowest BCUT2D eigenvalue weighted by Crippen LogP contribution is -2.45. The summed E-state index contributed by atoms with van der Waals surface area (Å²) in [5.74, 6) is 2.11. The van der Waals surface area contributed by atoms with Crippen LogP contribution in [-0.2, 0) is 9.53 Å². The van der Waals surface area contributed by atoms with Crippen LogP contribution in [0.5, 0.6) is 0 Å². The summed E-state index contributed by atoms with van der Waals surface area (Å²) in [7, 11) is 2.28. The molecule has 0 aromatic carbocycles. The predicted octanol–water partition coefficient (Wildman–Crippen LogP) is 4.23. The van der Waals surface area contributed by atoms with Crippen LogP contribution in [0.4, 0.5) is 17.5 Å². The first-order valence-corrected chi connectivity index (χ1v) is 14.9. The molecule has 10 nitrogen and oxygen atoms in total. The summed E-state index contributed by atoms with van der Waals surface area (Å²) in [5.41, 5.74) is 2.39. The number of amides is 1. The van der Waals surface area contributed by atoms with Crippen LogP contribution in [0.3, 0.4) is 0 Å². The minimum atomic E-state index is -0.741. The summed E-state index contributed by atoms with van der Waals surface area (Å²) in [6.07, 6.45) is 13.2. The maximum Gasteiger partial charge on any atom is 0.254 e. The molecule has 0 radical (unpaired) electrons. The highest BCUT2D eigenvalue weighted by Crippen LogP contribution is 2.43. The van der Waals surface area contributed by atoms with E-state index in [-0.39, 0.29) is 5.91 Å². The number of anilines is 3. The van der Waals surface area contributed by atoms with Crippen molar-refractivity contribution in [2.45, 2.75) is 102 Å². The zero-order chi connectivity index (χ0) is 27.1. The van der Waals surface area contributed by atoms with E-state index in [0.29, 0.717) is 43.1 Å². The van der Waals surface area contributed by atoms with Gasteiger partial charge in [-0.15, -0.1) is 0 Å². The third-order valence-corrected chi connectivity index (χ3v) is 9.18. The molecule has 6 rings (SSSR count). The fraction of sp³-hybridized carbons (Fsp3) is 0.724. The van der Waals surface area contributed by atoms with Crippen molar-refractivity contribution in [2.24, 2.45) is 0 Å². The van der Waals surface area contributed by atoms with Gasteiger partial charge >= 0.3 is 0 Å². The van der Waals surface area contributed by atoms with Crippen molar-refractivity contribution < 1.29 is 9.53 Å². The zero-order valence-electron chi connectivity index (χ0n) is 23.9. The Kier molecular flexibility index (Phi) is 7.26. The number of rotatable bonds is 9. The number of nitrogens with one attached hydrogen (secondary N) is 2. The van der Waals surface area contributed by atoms with Crippen LogP contribution in [0.1, 0.15) is 88.4 Å². The molecule has 3 aliphatic heterocycles. The van der Waals surface area contributed by atoms with Crippen LogP contribution >= 0.6 is 0 Å². The molecular formula is C29H44N8O2. The molecule has 5 heterocycles. The number of carbonyl (C=O) groups excluding carboxylic acids is 1. The van der Waals surface area contributed by atoms with Gasteiger partial charge in [-0.2, -0.15) is 10.1 Å². The maximum absolute atomic E-state index is 12.8. The van der Waals surface area contributed by atoms with Crippen LogP contribution < -0.4 is 10.6 Å². The highest BCUT2D eigenvalue weighted by molar-refractivity contribution is 5.84. The second-order valence-corrected chi connectivity index (χ2v) is 12.5. The summed E-state index contributed by atoms with van der Waals surface area (Å²) in [5, 5.41) is 11.9. The Balaban J connectivity index is 1.09. The summed E-state index contributed by atoms with van der Waals surface area (Å²) in [6, 6.07) is 1.81. The molecule has 1 aliphatic carbocycles. The maximum atomic E-state index is 12.8. The van der Waals surface area contributed by atoms with E-state index in [1.807, 2.05) is 24.9 Å². The number of fused-ring (bicyclic) bond motifs is 2. The molecular weight excluding hydrogens is 492 g/mol. The lowest BCUT2D eigenvalue weighted by Gasteiger charge is -2.36. The van der Waals surface area contributed by atoms with E-state index in [4.69, 9.17) is 14.8 Å². The minimum absolute atomic E-state index is 0.0796. The Morgan fingerprint density at radius 3 is 2.64 bits per heavy atom. The van der Waals surface area contributed by atoms with Crippen molar-refractivity contribution in [3.8, 4) is 0 Å². The van der Waals surface area contributed by atoms with Gasteiger partial charge in [-0.25, -0.2) is 4.98 Å². The average Bonchev–Trinajstić information content (AvgIpc) is 3.68. The molecule has 2 unspecified atom stereocenters. The summed E-state index contributed by atoms with van der Waals surface area (Å²) in [6.45, 7) is 8.63. The number of hydrogen-bond acceptors (Lipinski definition) is 8. The molecule has 1 amide bonds. The van der Waals surface area contributed by atoms with Gasteiger partial charge in [0.15, 0.2) is 0 Å². The molecule has 4 fully saturated rings. The lowest BCUT2D eigenvalue weighted by atomic mass is 9.98. The Bertz CT molecular complexity index is 1180. The van der Waals surface area contributed by atoms with E-state index in [0.717, 1.165) is 43.1 Å². The van der Waals surface area contributed by atoms with Gasteiger partial charge in [-0.05, 0) is 85.1 Å². The van der Waals surface area contributed by atoms with E-state index in [1.165, 1.54) is 44.1 Å². The Labute approximate surface area is 231 Å². The van der Waals surface area contributed by atoms with Gasteiger partial charge < -0.3 is 25.2 Å². The second kappa shape index (κ2) is 10.7. The standard InChI is InChI=1S/C29H44N8O2/c1-19-25(18-37(34-19)23-15-21-9-10-22(16-23)35(21)4)32-28-31-17-24(20-7-8-20)26(33-28)30-11-5-12-36-13-6-14-39-29(2,3)27(36)38/h17-18,20-23H,5-16H2,1-4H3,(H2,30,31,32,33). The minimum Gasteiger partial charge on any atom is -0.370 e. The van der Waals surface area contributed by atoms with Crippen LogP contribution in [0.2, 0.25) is 0 Å². The van der Waals surface area contributed by atoms with Gasteiger partial charge in [0.2, 0.25) is 5.95 Å². The SMILES string of the molecule is Cc1nn(C2CC3CCC(C2)N3C)cc1Nc1ncc(C2CC2)c(NCCCN2CCCOC(C)(C)C2=O)n1. The summed E-state index contributed by atoms with van der Waals surface area (Å²) >= 11 is 0. The number of carbonyl (C=O) groups is 1. The highest BCUT2D eigenvalue weighted by atomic mass is 16.5. The molecule has 39 heavy (non-hydrogen) atoms. The van der Waals surface area contributed by atoms with Gasteiger partial charge in [-0.3, -0.25) is 9.48 Å². The van der Waals surface area contributed by atoms with Gasteiger partial charge in [0.1, 0.15) is 11.4 Å². The molecule has 0 spiro atoms. The largest absolute Gasteiger partial charge is 0.370 e. The van der Waals surface area contributed by atoms with E-state index in [2.05, 4.69) is 45.4 Å². The van der Waals surface area contributed by atoms with Crippen molar-refractivity contribution in [1.29, 1.82) is 0 Å². The monoisotopic (exact) mass is 536 g/mol. The molecule has 2 aromatic heterocycles. The van der Waals surface area contributed by atoms with Crippen molar-refractivity contribution in [3.63, 3.8) is 0 Å². The molecule has 212 valence electrons. The molecule has 2 N–H and O–H groups in total. The van der Waals surface area contributed by atoms with Crippen LogP contribution in [-0.4, -0.2) is 86.4 Å². The van der Waals surface area contributed by atoms with E-state index < -0.39 is 5.60 Å². The summed E-state index contributed by atoms with van der Waals surface area (Å²) < 4.78 is 7.91. The Morgan fingerprint density at radius 1 is 1.13 bits per heavy atom. The van der Waals surface area contributed by atoms with Gasteiger partial charge in [0, 0.05) is 56.3 Å². The fourth-order valence-electron chi connectivity index (χ4n) is 6.61. The van der Waals surface area contributed by atoms with Crippen molar-refractivity contribution in [3.05, 3.63) is 23.7 Å². The van der Waals surface area contributed by atoms with Gasteiger partial charge in [0.25, 0.3) is 5.91 Å². The zero-order valence-corrected chi connectivity index (χ0v) is 23.9. The first-order chi connectivity index (χ1) is 18.8. The quantitative estimate of drug-likeness (QED) is 0.460. The molecule has 3 saturated heterocycles. The van der Waals surface area contributed by atoms with E-state index in [9.17, 15) is 4.79 Å². The van der Waals surface area contributed by atoms with Crippen molar-refractivity contribution >= 4 is 23.4 Å². The first-order valence-electron chi connectivity index (χ1n) is 14.9. The van der Waals surface area contributed by atoms with Gasteiger partial charge in [0.05, 0.1) is 17.4 Å². The smallest absolute Gasteiger partial charge is 0.254 e. The number of ether oxygens (including phenoxy) is 1. The molecule has 2 atom stereocenters. The lowest BCUT2D eigenvalue weighted by molar-refractivity contribution is -0.149. The van der Waals surface area contributed by atoms with E-state index in [1.54, 1.807) is 0 Å². The van der Waals surface area contributed by atoms with Gasteiger partial charge in [-0.1, -0.05) is 0 Å². The number of nitrogens with zero attached hydrogens (tertiary/aromatic N) is 6. The Hall–Kier alpha value is -2.72. The molecule has 10 heteroatoms. The highest BCUT2D eigenvalue weighted by Gasteiger charge is 2.39. The van der Waals surface area contributed by atoms with Crippen LogP contribution in [0.25, 0.3) is 0 Å². The molecule has 1 saturated carbocycles. The fourth-order valence-corrected chi connectivity index (χ4v) is 6.61. The molecule has 2 aromatic rings. The predicted molar refractivity (Wildman–Crippen MR) is 151 cm³/mol. The molecule has 2 bridgehead atoms. The normalized spacial score (nSPS) is 27.0. The second-order valence-electron chi connectivity index (χ2n) is 12.5. The number of hydrogen-bond donors (Lipinski definition) is 2. The first kappa shape index (κ1) is 26.5. The number of aromatic nitrogens is 4. The van der Waals surface area contributed by atoms with E-state index >= 15 is 0 Å². The van der Waals surface area contributed by atoms with Crippen molar-refractivity contribution in [2.75, 3.05) is 43.9 Å². The summed E-state index contributed by atoms with van der Waals surface area (Å²) in [4.78, 5) is 26.9. The number of aryl methyl sites for hydroxylation is 1. The van der Waals surface area contributed by atoms with Crippen LogP contribution in [0.15, 0.2) is 12.4 Å².